The summed E-state index contributed by atoms with van der Waals surface area (Å²) in [7, 11) is 0. The second kappa shape index (κ2) is 5.31. The van der Waals surface area contributed by atoms with Crippen LogP contribution in [0.25, 0.3) is 10.2 Å². The van der Waals surface area contributed by atoms with Crippen LogP contribution in [-0.4, -0.2) is 16.2 Å². The van der Waals surface area contributed by atoms with Crippen LogP contribution >= 0.6 is 23.1 Å². The Balaban J connectivity index is 1.75. The minimum Gasteiger partial charge on any atom is -0.438 e. The Bertz CT molecular complexity index is 796. The van der Waals surface area contributed by atoms with Gasteiger partial charge in [0.05, 0.1) is 5.39 Å². The maximum atomic E-state index is 6.02. The fourth-order valence-electron chi connectivity index (χ4n) is 2.73. The number of aryl methyl sites for hydroxylation is 2. The van der Waals surface area contributed by atoms with Crippen molar-refractivity contribution < 1.29 is 4.74 Å². The largest absolute Gasteiger partial charge is 0.438 e. The third-order valence-corrected chi connectivity index (χ3v) is 5.68. The minimum absolute atomic E-state index is 0.691. The number of rotatable bonds is 3. The molecule has 0 atom stereocenters. The van der Waals surface area contributed by atoms with Crippen molar-refractivity contribution in [2.75, 3.05) is 6.26 Å². The molecule has 2 aromatic heterocycles. The van der Waals surface area contributed by atoms with Gasteiger partial charge < -0.3 is 4.74 Å². The summed E-state index contributed by atoms with van der Waals surface area (Å²) in [6.07, 6.45) is 7.18. The quantitative estimate of drug-likeness (QED) is 0.657. The molecule has 0 radical (unpaired) electrons. The third kappa shape index (κ3) is 2.30. The van der Waals surface area contributed by atoms with E-state index in [9.17, 15) is 0 Å². The lowest BCUT2D eigenvalue weighted by molar-refractivity contribution is 0.467. The van der Waals surface area contributed by atoms with Gasteiger partial charge in [0.25, 0.3) is 0 Å². The van der Waals surface area contributed by atoms with Crippen molar-refractivity contribution in [3.8, 4) is 11.6 Å². The number of nitrogens with zero attached hydrogens (tertiary/aromatic N) is 2. The van der Waals surface area contributed by atoms with Gasteiger partial charge in [-0.25, -0.2) is 9.97 Å². The van der Waals surface area contributed by atoms with Gasteiger partial charge >= 0.3 is 0 Å². The summed E-state index contributed by atoms with van der Waals surface area (Å²) in [6, 6.07) is 8.12. The lowest BCUT2D eigenvalue weighted by Gasteiger charge is -2.07. The van der Waals surface area contributed by atoms with E-state index in [0.29, 0.717) is 5.88 Å². The van der Waals surface area contributed by atoms with Crippen molar-refractivity contribution in [2.24, 2.45) is 0 Å². The van der Waals surface area contributed by atoms with E-state index in [-0.39, 0.29) is 0 Å². The molecule has 0 bridgehead atoms. The average Bonchev–Trinajstić information content (AvgIpc) is 3.09. The molecule has 3 nitrogen and oxygen atoms in total. The maximum Gasteiger partial charge on any atom is 0.231 e. The van der Waals surface area contributed by atoms with E-state index in [0.717, 1.165) is 28.8 Å². The Morgan fingerprint density at radius 3 is 2.81 bits per heavy atom. The zero-order valence-corrected chi connectivity index (χ0v) is 13.3. The summed E-state index contributed by atoms with van der Waals surface area (Å²) in [6.45, 7) is 0. The van der Waals surface area contributed by atoms with E-state index in [1.165, 1.54) is 21.8 Å². The smallest absolute Gasteiger partial charge is 0.231 e. The zero-order chi connectivity index (χ0) is 14.2. The molecule has 1 aliphatic carbocycles. The Morgan fingerprint density at radius 2 is 2.00 bits per heavy atom. The van der Waals surface area contributed by atoms with Crippen molar-refractivity contribution in [3.63, 3.8) is 0 Å². The number of aromatic nitrogens is 2. The van der Waals surface area contributed by atoms with E-state index in [1.807, 2.05) is 12.1 Å². The molecule has 1 aromatic carbocycles. The van der Waals surface area contributed by atoms with Gasteiger partial charge in [-0.15, -0.1) is 23.1 Å². The van der Waals surface area contributed by atoms with Crippen molar-refractivity contribution in [1.82, 2.24) is 9.97 Å². The molecule has 0 spiro atoms. The highest BCUT2D eigenvalue weighted by Crippen LogP contribution is 2.40. The number of hydrogen-bond acceptors (Lipinski definition) is 5. The van der Waals surface area contributed by atoms with Crippen molar-refractivity contribution in [3.05, 3.63) is 41.0 Å². The van der Waals surface area contributed by atoms with E-state index in [4.69, 9.17) is 4.74 Å². The van der Waals surface area contributed by atoms with Gasteiger partial charge in [0.15, 0.2) is 0 Å². The van der Waals surface area contributed by atoms with Crippen LogP contribution in [-0.2, 0) is 12.8 Å². The number of ether oxygens (including phenoxy) is 1. The maximum absolute atomic E-state index is 6.02. The minimum atomic E-state index is 0.691. The monoisotopic (exact) mass is 314 g/mol. The molecule has 5 heteroatoms. The van der Waals surface area contributed by atoms with Crippen LogP contribution in [0.5, 0.6) is 11.6 Å². The Labute approximate surface area is 131 Å². The molecule has 0 fully saturated rings. The molecule has 0 amide bonds. The second-order valence-electron chi connectivity index (χ2n) is 4.99. The standard InChI is InChI=1S/C16H14N2OS2/c1-20-11-7-5-10(6-8-11)19-15-14-12-3-2-4-13(12)21-16(14)18-9-17-15/h5-9H,2-4H2,1H3. The number of hydrogen-bond donors (Lipinski definition) is 0. The number of thioether (sulfide) groups is 1. The molecule has 0 unspecified atom stereocenters. The van der Waals surface area contributed by atoms with E-state index < -0.39 is 0 Å². The van der Waals surface area contributed by atoms with Gasteiger partial charge in [-0.05, 0) is 55.3 Å². The SMILES string of the molecule is CSc1ccc(Oc2ncnc3sc4c(c23)CCC4)cc1. The van der Waals surface area contributed by atoms with Crippen LogP contribution in [0.3, 0.4) is 0 Å². The zero-order valence-electron chi connectivity index (χ0n) is 11.6. The lowest BCUT2D eigenvalue weighted by Crippen LogP contribution is -1.91. The Morgan fingerprint density at radius 1 is 1.14 bits per heavy atom. The van der Waals surface area contributed by atoms with Crippen molar-refractivity contribution in [1.29, 1.82) is 0 Å². The molecular formula is C16H14N2OS2. The molecule has 2 heterocycles. The summed E-state index contributed by atoms with van der Waals surface area (Å²) >= 11 is 3.51. The van der Waals surface area contributed by atoms with Crippen LogP contribution in [0, 0.1) is 0 Å². The number of fused-ring (bicyclic) bond motifs is 3. The normalized spacial score (nSPS) is 13.6. The average molecular weight is 314 g/mol. The van der Waals surface area contributed by atoms with E-state index in [1.54, 1.807) is 29.4 Å². The number of thiophene rings is 1. The molecule has 0 saturated heterocycles. The van der Waals surface area contributed by atoms with Gasteiger partial charge in [-0.3, -0.25) is 0 Å². The van der Waals surface area contributed by atoms with Gasteiger partial charge in [-0.1, -0.05) is 0 Å². The summed E-state index contributed by atoms with van der Waals surface area (Å²) in [5.74, 6) is 1.52. The molecule has 4 rings (SSSR count). The first-order valence-electron chi connectivity index (χ1n) is 6.92. The molecule has 106 valence electrons. The van der Waals surface area contributed by atoms with Gasteiger partial charge in [0.1, 0.15) is 16.9 Å². The first-order valence-corrected chi connectivity index (χ1v) is 8.96. The molecule has 3 aromatic rings. The molecule has 0 N–H and O–H groups in total. The highest BCUT2D eigenvalue weighted by Gasteiger charge is 2.22. The Kier molecular flexibility index (Phi) is 3.31. The first-order chi connectivity index (χ1) is 10.3. The molecule has 21 heavy (non-hydrogen) atoms. The van der Waals surface area contributed by atoms with Crippen molar-refractivity contribution in [2.45, 2.75) is 24.2 Å². The summed E-state index contributed by atoms with van der Waals surface area (Å²) in [5, 5.41) is 1.11. The fraction of sp³-hybridized carbons (Fsp3) is 0.250. The summed E-state index contributed by atoms with van der Waals surface area (Å²) in [4.78, 5) is 12.5. The van der Waals surface area contributed by atoms with Crippen LogP contribution in [0.4, 0.5) is 0 Å². The molecular weight excluding hydrogens is 300 g/mol. The highest BCUT2D eigenvalue weighted by atomic mass is 32.2. The van der Waals surface area contributed by atoms with Crippen LogP contribution < -0.4 is 4.74 Å². The van der Waals surface area contributed by atoms with Gasteiger partial charge in [0.2, 0.25) is 5.88 Å². The first kappa shape index (κ1) is 13.1. The van der Waals surface area contributed by atoms with Gasteiger partial charge in [-0.2, -0.15) is 0 Å². The van der Waals surface area contributed by atoms with Crippen LogP contribution in [0.15, 0.2) is 35.5 Å². The molecule has 0 saturated carbocycles. The topological polar surface area (TPSA) is 35.0 Å². The van der Waals surface area contributed by atoms with Crippen LogP contribution in [0.2, 0.25) is 0 Å². The lowest BCUT2D eigenvalue weighted by atomic mass is 10.2. The summed E-state index contributed by atoms with van der Waals surface area (Å²) < 4.78 is 6.02. The van der Waals surface area contributed by atoms with E-state index in [2.05, 4.69) is 28.4 Å². The molecule has 1 aliphatic rings. The highest BCUT2D eigenvalue weighted by molar-refractivity contribution is 7.98. The van der Waals surface area contributed by atoms with Crippen LogP contribution in [0.1, 0.15) is 16.9 Å². The predicted octanol–water partition coefficient (Wildman–Crippen LogP) is 4.69. The second-order valence-corrected chi connectivity index (χ2v) is 6.96. The Hall–Kier alpha value is -1.59. The fourth-order valence-corrected chi connectivity index (χ4v) is 4.36. The molecule has 0 aliphatic heterocycles. The van der Waals surface area contributed by atoms with Crippen molar-refractivity contribution >= 4 is 33.3 Å². The summed E-state index contributed by atoms with van der Waals surface area (Å²) in [5.41, 5.74) is 1.39. The third-order valence-electron chi connectivity index (χ3n) is 3.74. The number of benzene rings is 1. The predicted molar refractivity (Wildman–Crippen MR) is 87.7 cm³/mol. The van der Waals surface area contributed by atoms with Gasteiger partial charge in [0, 0.05) is 9.77 Å². The van der Waals surface area contributed by atoms with E-state index >= 15 is 0 Å².